The molecule has 4 amide bonds. The molecule has 2 N–H and O–H groups in total. The molecule has 1 aliphatic heterocycles. The van der Waals surface area contributed by atoms with Crippen LogP contribution in [0.2, 0.25) is 0 Å². The summed E-state index contributed by atoms with van der Waals surface area (Å²) >= 11 is 0. The zero-order chi connectivity index (χ0) is 20.0. The Hall–Kier alpha value is -2.90. The second-order valence-corrected chi connectivity index (χ2v) is 7.38. The number of urea groups is 1. The van der Waals surface area contributed by atoms with Crippen molar-refractivity contribution in [2.24, 2.45) is 0 Å². The highest BCUT2D eigenvalue weighted by Gasteiger charge is 2.20. The Labute approximate surface area is 158 Å². The van der Waals surface area contributed by atoms with Crippen LogP contribution in [0.1, 0.15) is 50.4 Å². The lowest BCUT2D eigenvalue weighted by molar-refractivity contribution is -0.123. The largest absolute Gasteiger partial charge is 0.452 e. The van der Waals surface area contributed by atoms with Crippen molar-refractivity contribution in [1.82, 2.24) is 10.6 Å². The number of hydrogen-bond acceptors (Lipinski definition) is 5. The van der Waals surface area contributed by atoms with E-state index in [2.05, 4.69) is 10.6 Å². The molecule has 0 unspecified atom stereocenters. The number of benzene rings is 1. The van der Waals surface area contributed by atoms with E-state index in [9.17, 15) is 19.2 Å². The standard InChI is InChI=1S/C19H25N3O5/c1-19(2,3)21-18(26)20-15(23)12-27-17(25)13-7-9-14(10-8-13)22-11-5-4-6-16(22)24/h7-10H,4-6,11-12H2,1-3H3,(H2,20,21,23,26). The minimum absolute atomic E-state index is 0.0711. The van der Waals surface area contributed by atoms with Gasteiger partial charge in [0.25, 0.3) is 5.91 Å². The van der Waals surface area contributed by atoms with Gasteiger partial charge in [0.15, 0.2) is 6.61 Å². The van der Waals surface area contributed by atoms with Crippen LogP contribution < -0.4 is 15.5 Å². The molecule has 0 bridgehead atoms. The quantitative estimate of drug-likeness (QED) is 0.783. The predicted molar refractivity (Wildman–Crippen MR) is 99.4 cm³/mol. The van der Waals surface area contributed by atoms with E-state index in [4.69, 9.17) is 4.74 Å². The molecule has 8 nitrogen and oxygen atoms in total. The second-order valence-electron chi connectivity index (χ2n) is 7.38. The number of nitrogens with zero attached hydrogens (tertiary/aromatic N) is 1. The highest BCUT2D eigenvalue weighted by Crippen LogP contribution is 2.21. The lowest BCUT2D eigenvalue weighted by atomic mass is 10.1. The van der Waals surface area contributed by atoms with E-state index in [0.717, 1.165) is 18.5 Å². The molecular formula is C19H25N3O5. The van der Waals surface area contributed by atoms with Gasteiger partial charge >= 0.3 is 12.0 Å². The molecule has 0 radical (unpaired) electrons. The Bertz CT molecular complexity index is 722. The lowest BCUT2D eigenvalue weighted by Gasteiger charge is -2.26. The van der Waals surface area contributed by atoms with Gasteiger partial charge in [0, 0.05) is 24.2 Å². The van der Waals surface area contributed by atoms with Gasteiger partial charge in [0.1, 0.15) is 0 Å². The Morgan fingerprint density at radius 1 is 1.11 bits per heavy atom. The van der Waals surface area contributed by atoms with Crippen molar-refractivity contribution < 1.29 is 23.9 Å². The number of carbonyl (C=O) groups excluding carboxylic acids is 4. The topological polar surface area (TPSA) is 105 Å². The number of carbonyl (C=O) groups is 4. The third-order valence-corrected chi connectivity index (χ3v) is 3.81. The van der Waals surface area contributed by atoms with Gasteiger partial charge in [-0.15, -0.1) is 0 Å². The number of anilines is 1. The number of esters is 1. The van der Waals surface area contributed by atoms with Gasteiger partial charge in [-0.05, 0) is 57.9 Å². The Kier molecular flexibility index (Phi) is 6.55. The zero-order valence-electron chi connectivity index (χ0n) is 15.8. The fourth-order valence-electron chi connectivity index (χ4n) is 2.61. The van der Waals surface area contributed by atoms with Crippen LogP contribution in [0.5, 0.6) is 0 Å². The monoisotopic (exact) mass is 375 g/mol. The van der Waals surface area contributed by atoms with E-state index in [-0.39, 0.29) is 11.5 Å². The molecule has 1 fully saturated rings. The Balaban J connectivity index is 1.84. The minimum atomic E-state index is -0.722. The summed E-state index contributed by atoms with van der Waals surface area (Å²) in [5.41, 5.74) is 0.501. The first-order chi connectivity index (χ1) is 12.7. The summed E-state index contributed by atoms with van der Waals surface area (Å²) < 4.78 is 4.92. The van der Waals surface area contributed by atoms with Crippen molar-refractivity contribution in [2.45, 2.75) is 45.6 Å². The van der Waals surface area contributed by atoms with Crippen LogP contribution in [0.25, 0.3) is 0 Å². The number of nitrogens with one attached hydrogen (secondary N) is 2. The summed E-state index contributed by atoms with van der Waals surface area (Å²) in [6, 6.07) is 5.79. The normalized spacial score (nSPS) is 14.5. The maximum absolute atomic E-state index is 12.0. The summed E-state index contributed by atoms with van der Waals surface area (Å²) in [6.07, 6.45) is 2.38. The molecule has 0 spiro atoms. The van der Waals surface area contributed by atoms with Crippen LogP contribution >= 0.6 is 0 Å². The smallest absolute Gasteiger partial charge is 0.338 e. The molecule has 2 rings (SSSR count). The first-order valence-electron chi connectivity index (χ1n) is 8.85. The number of ether oxygens (including phenoxy) is 1. The van der Waals surface area contributed by atoms with Crippen LogP contribution in [-0.2, 0) is 14.3 Å². The van der Waals surface area contributed by atoms with Gasteiger partial charge in [-0.25, -0.2) is 9.59 Å². The first kappa shape index (κ1) is 20.4. The Morgan fingerprint density at radius 3 is 2.37 bits per heavy atom. The molecule has 1 aromatic carbocycles. The fourth-order valence-corrected chi connectivity index (χ4v) is 2.61. The summed E-state index contributed by atoms with van der Waals surface area (Å²) in [7, 11) is 0. The van der Waals surface area contributed by atoms with Crippen LogP contribution in [0.3, 0.4) is 0 Å². The number of rotatable bonds is 4. The summed E-state index contributed by atoms with van der Waals surface area (Å²) in [5.74, 6) is -1.33. The van der Waals surface area contributed by atoms with E-state index in [1.54, 1.807) is 49.9 Å². The van der Waals surface area contributed by atoms with Gasteiger partial charge in [-0.2, -0.15) is 0 Å². The highest BCUT2D eigenvalue weighted by molar-refractivity contribution is 5.98. The van der Waals surface area contributed by atoms with Crippen molar-refractivity contribution in [3.8, 4) is 0 Å². The molecule has 0 aromatic heterocycles. The van der Waals surface area contributed by atoms with Crippen LogP contribution in [0.15, 0.2) is 24.3 Å². The van der Waals surface area contributed by atoms with Crippen molar-refractivity contribution in [1.29, 1.82) is 0 Å². The van der Waals surface area contributed by atoms with Crippen LogP contribution in [0.4, 0.5) is 10.5 Å². The molecule has 8 heteroatoms. The van der Waals surface area contributed by atoms with E-state index in [0.29, 0.717) is 13.0 Å². The van der Waals surface area contributed by atoms with Gasteiger partial charge in [0.05, 0.1) is 5.56 Å². The van der Waals surface area contributed by atoms with Crippen LogP contribution in [0, 0.1) is 0 Å². The summed E-state index contributed by atoms with van der Waals surface area (Å²) in [5, 5.41) is 4.66. The molecular weight excluding hydrogens is 350 g/mol. The highest BCUT2D eigenvalue weighted by atomic mass is 16.5. The summed E-state index contributed by atoms with van der Waals surface area (Å²) in [4.78, 5) is 48.9. The molecule has 0 saturated carbocycles. The maximum atomic E-state index is 12.0. The van der Waals surface area contributed by atoms with E-state index in [1.807, 2.05) is 0 Å². The van der Waals surface area contributed by atoms with Crippen LogP contribution in [-0.4, -0.2) is 42.5 Å². The number of amides is 4. The average Bonchev–Trinajstić information content (AvgIpc) is 2.58. The zero-order valence-corrected chi connectivity index (χ0v) is 15.8. The molecule has 0 aliphatic carbocycles. The van der Waals surface area contributed by atoms with Crippen molar-refractivity contribution in [3.63, 3.8) is 0 Å². The molecule has 1 aliphatic rings. The SMILES string of the molecule is CC(C)(C)NC(=O)NC(=O)COC(=O)c1ccc(N2CCCCC2=O)cc1. The maximum Gasteiger partial charge on any atom is 0.338 e. The molecule has 1 heterocycles. The summed E-state index contributed by atoms with van der Waals surface area (Å²) in [6.45, 7) is 5.43. The van der Waals surface area contributed by atoms with Gasteiger partial charge in [0.2, 0.25) is 5.91 Å². The van der Waals surface area contributed by atoms with Gasteiger partial charge < -0.3 is 15.0 Å². The average molecular weight is 375 g/mol. The molecule has 1 saturated heterocycles. The predicted octanol–water partition coefficient (Wildman–Crippen LogP) is 1.98. The Morgan fingerprint density at radius 2 is 1.78 bits per heavy atom. The van der Waals surface area contributed by atoms with E-state index in [1.165, 1.54) is 0 Å². The molecule has 1 aromatic rings. The van der Waals surface area contributed by atoms with E-state index < -0.39 is 30.1 Å². The van der Waals surface area contributed by atoms with E-state index >= 15 is 0 Å². The second kappa shape index (κ2) is 8.66. The van der Waals surface area contributed by atoms with Gasteiger partial charge in [-0.1, -0.05) is 0 Å². The first-order valence-corrected chi connectivity index (χ1v) is 8.85. The van der Waals surface area contributed by atoms with Gasteiger partial charge in [-0.3, -0.25) is 14.9 Å². The van der Waals surface area contributed by atoms with Crippen molar-refractivity contribution in [2.75, 3.05) is 18.1 Å². The van der Waals surface area contributed by atoms with Crippen molar-refractivity contribution >= 4 is 29.5 Å². The number of piperidine rings is 1. The third-order valence-electron chi connectivity index (χ3n) is 3.81. The molecule has 27 heavy (non-hydrogen) atoms. The van der Waals surface area contributed by atoms with Crippen molar-refractivity contribution in [3.05, 3.63) is 29.8 Å². The number of imide groups is 1. The molecule has 146 valence electrons. The number of hydrogen-bond donors (Lipinski definition) is 2. The fraction of sp³-hybridized carbons (Fsp3) is 0.474. The molecule has 0 atom stereocenters. The third kappa shape index (κ3) is 6.40. The minimum Gasteiger partial charge on any atom is -0.452 e. The lowest BCUT2D eigenvalue weighted by Crippen LogP contribution is -2.49.